The number of para-hydroxylation sites is 1. The maximum absolute atomic E-state index is 11.8. The first-order valence-electron chi connectivity index (χ1n) is 7.25. The molecule has 23 heavy (non-hydrogen) atoms. The van der Waals surface area contributed by atoms with Gasteiger partial charge in [0.25, 0.3) is 0 Å². The maximum atomic E-state index is 11.8. The number of anilines is 1. The van der Waals surface area contributed by atoms with Crippen LogP contribution in [0.3, 0.4) is 0 Å². The predicted molar refractivity (Wildman–Crippen MR) is 91.6 cm³/mol. The fourth-order valence-electron chi connectivity index (χ4n) is 1.89. The quantitative estimate of drug-likeness (QED) is 0.754. The van der Waals surface area contributed by atoms with Gasteiger partial charge in [-0.1, -0.05) is 29.8 Å². The van der Waals surface area contributed by atoms with Crippen LogP contribution in [-0.4, -0.2) is 26.3 Å². The van der Waals surface area contributed by atoms with Crippen LogP contribution in [0.15, 0.2) is 48.5 Å². The Morgan fingerprint density at radius 2 is 2.00 bits per heavy atom. The molecule has 2 rings (SSSR count). The van der Waals surface area contributed by atoms with Gasteiger partial charge in [-0.25, -0.2) is 4.79 Å². The lowest BCUT2D eigenvalue weighted by Gasteiger charge is -2.10. The smallest absolute Gasteiger partial charge is 0.319 e. The average molecular weight is 335 g/mol. The van der Waals surface area contributed by atoms with Crippen molar-refractivity contribution in [1.82, 2.24) is 5.32 Å². The van der Waals surface area contributed by atoms with E-state index in [0.29, 0.717) is 41.8 Å². The number of amides is 2. The van der Waals surface area contributed by atoms with E-state index in [-0.39, 0.29) is 6.03 Å². The van der Waals surface area contributed by atoms with Gasteiger partial charge in [0, 0.05) is 18.3 Å². The summed E-state index contributed by atoms with van der Waals surface area (Å²) < 4.78 is 10.6. The van der Waals surface area contributed by atoms with E-state index in [1.807, 2.05) is 30.3 Å². The zero-order valence-electron chi connectivity index (χ0n) is 12.8. The van der Waals surface area contributed by atoms with E-state index in [9.17, 15) is 4.79 Å². The minimum Gasteiger partial charge on any atom is -0.497 e. The third-order valence-electron chi connectivity index (χ3n) is 3.03. The summed E-state index contributed by atoms with van der Waals surface area (Å²) in [6.07, 6.45) is 0.677. The number of hydrogen-bond donors (Lipinski definition) is 2. The summed E-state index contributed by atoms with van der Waals surface area (Å²) in [4.78, 5) is 11.8. The zero-order valence-corrected chi connectivity index (χ0v) is 13.6. The van der Waals surface area contributed by atoms with Crippen molar-refractivity contribution in [3.05, 3.63) is 53.6 Å². The molecule has 0 aromatic heterocycles. The molecule has 2 amide bonds. The Morgan fingerprint density at radius 3 is 2.78 bits per heavy atom. The van der Waals surface area contributed by atoms with Gasteiger partial charge in [0.05, 0.1) is 18.7 Å². The molecule has 0 aliphatic carbocycles. The minimum atomic E-state index is -0.268. The van der Waals surface area contributed by atoms with Crippen molar-refractivity contribution < 1.29 is 14.3 Å². The lowest BCUT2D eigenvalue weighted by molar-refractivity contribution is 0.250. The molecular weight excluding hydrogens is 316 g/mol. The molecule has 2 N–H and O–H groups in total. The summed E-state index contributed by atoms with van der Waals surface area (Å²) in [6.45, 7) is 0.976. The van der Waals surface area contributed by atoms with Crippen molar-refractivity contribution in [3.63, 3.8) is 0 Å². The molecule has 122 valence electrons. The van der Waals surface area contributed by atoms with Crippen LogP contribution in [-0.2, 0) is 0 Å². The van der Waals surface area contributed by atoms with E-state index < -0.39 is 0 Å². The van der Waals surface area contributed by atoms with Gasteiger partial charge in [-0.05, 0) is 30.7 Å². The highest BCUT2D eigenvalue weighted by atomic mass is 35.5. The van der Waals surface area contributed by atoms with Crippen molar-refractivity contribution >= 4 is 23.3 Å². The van der Waals surface area contributed by atoms with Crippen LogP contribution in [0.5, 0.6) is 11.5 Å². The highest BCUT2D eigenvalue weighted by Gasteiger charge is 2.03. The van der Waals surface area contributed by atoms with Gasteiger partial charge in [0.15, 0.2) is 0 Å². The van der Waals surface area contributed by atoms with Crippen molar-refractivity contribution in [2.75, 3.05) is 25.6 Å². The summed E-state index contributed by atoms with van der Waals surface area (Å²) in [5, 5.41) is 6.09. The average Bonchev–Trinajstić information content (AvgIpc) is 2.56. The largest absolute Gasteiger partial charge is 0.497 e. The molecule has 2 aromatic rings. The van der Waals surface area contributed by atoms with Crippen molar-refractivity contribution in [1.29, 1.82) is 0 Å². The fraction of sp³-hybridized carbons (Fsp3) is 0.235. The van der Waals surface area contributed by atoms with Crippen LogP contribution in [0.25, 0.3) is 0 Å². The van der Waals surface area contributed by atoms with Crippen LogP contribution in [0.4, 0.5) is 10.5 Å². The number of carbonyl (C=O) groups excluding carboxylic acids is 1. The highest BCUT2D eigenvalue weighted by Crippen LogP contribution is 2.23. The number of methoxy groups -OCH3 is 1. The van der Waals surface area contributed by atoms with Crippen molar-refractivity contribution in [2.45, 2.75) is 6.42 Å². The fourth-order valence-corrected chi connectivity index (χ4v) is 2.08. The normalized spacial score (nSPS) is 10.0. The first kappa shape index (κ1) is 17.0. The Labute approximate surface area is 140 Å². The lowest BCUT2D eigenvalue weighted by atomic mass is 10.3. The monoisotopic (exact) mass is 334 g/mol. The third-order valence-corrected chi connectivity index (χ3v) is 3.34. The number of benzene rings is 2. The van der Waals surface area contributed by atoms with E-state index in [2.05, 4.69) is 10.6 Å². The number of hydrogen-bond acceptors (Lipinski definition) is 3. The maximum Gasteiger partial charge on any atom is 0.319 e. The molecule has 2 aromatic carbocycles. The molecule has 0 aliphatic heterocycles. The van der Waals surface area contributed by atoms with Crippen molar-refractivity contribution in [2.24, 2.45) is 0 Å². The Hall–Kier alpha value is -2.40. The van der Waals surface area contributed by atoms with E-state index >= 15 is 0 Å². The second-order valence-electron chi connectivity index (χ2n) is 4.75. The summed E-state index contributed by atoms with van der Waals surface area (Å²) in [6, 6.07) is 14.2. The summed E-state index contributed by atoms with van der Waals surface area (Å²) in [7, 11) is 1.58. The Balaban J connectivity index is 1.66. The Kier molecular flexibility index (Phi) is 6.56. The van der Waals surface area contributed by atoms with Gasteiger partial charge in [-0.3, -0.25) is 0 Å². The van der Waals surface area contributed by atoms with Crippen LogP contribution < -0.4 is 20.1 Å². The first-order valence-corrected chi connectivity index (χ1v) is 7.63. The number of nitrogens with one attached hydrogen (secondary N) is 2. The molecule has 0 saturated carbocycles. The number of halogens is 1. The molecule has 0 saturated heterocycles. The molecule has 0 heterocycles. The SMILES string of the molecule is COc1cccc(NC(=O)NCCCOc2ccccc2Cl)c1. The van der Waals surface area contributed by atoms with Gasteiger partial charge < -0.3 is 20.1 Å². The number of ether oxygens (including phenoxy) is 2. The Bertz CT molecular complexity index is 649. The van der Waals surface area contributed by atoms with E-state index in [0.717, 1.165) is 0 Å². The summed E-state index contributed by atoms with van der Waals surface area (Å²) >= 11 is 5.99. The number of urea groups is 1. The minimum absolute atomic E-state index is 0.268. The van der Waals surface area contributed by atoms with Crippen LogP contribution in [0.1, 0.15) is 6.42 Å². The standard InChI is InChI=1S/C17H19ClN2O3/c1-22-14-7-4-6-13(12-14)20-17(21)19-10-5-11-23-16-9-3-2-8-15(16)18/h2-4,6-9,12H,5,10-11H2,1H3,(H2,19,20,21). The molecule has 0 fully saturated rings. The molecule has 0 atom stereocenters. The number of rotatable bonds is 7. The summed E-state index contributed by atoms with van der Waals surface area (Å²) in [5.41, 5.74) is 0.675. The topological polar surface area (TPSA) is 59.6 Å². The molecule has 0 radical (unpaired) electrons. The van der Waals surface area contributed by atoms with E-state index in [1.54, 1.807) is 25.3 Å². The van der Waals surface area contributed by atoms with Crippen LogP contribution >= 0.6 is 11.6 Å². The van der Waals surface area contributed by atoms with Gasteiger partial charge in [0.1, 0.15) is 11.5 Å². The Morgan fingerprint density at radius 1 is 1.17 bits per heavy atom. The predicted octanol–water partition coefficient (Wildman–Crippen LogP) is 3.94. The van der Waals surface area contributed by atoms with Crippen LogP contribution in [0.2, 0.25) is 5.02 Å². The first-order chi connectivity index (χ1) is 11.2. The zero-order chi connectivity index (χ0) is 16.5. The van der Waals surface area contributed by atoms with E-state index in [1.165, 1.54) is 0 Å². The van der Waals surface area contributed by atoms with Gasteiger partial charge in [0.2, 0.25) is 0 Å². The molecular formula is C17H19ClN2O3. The molecule has 0 bridgehead atoms. The second kappa shape index (κ2) is 8.90. The molecule has 5 nitrogen and oxygen atoms in total. The molecule has 0 aliphatic rings. The van der Waals surface area contributed by atoms with Crippen molar-refractivity contribution in [3.8, 4) is 11.5 Å². The second-order valence-corrected chi connectivity index (χ2v) is 5.15. The van der Waals surface area contributed by atoms with Gasteiger partial charge in [-0.15, -0.1) is 0 Å². The third kappa shape index (κ3) is 5.71. The summed E-state index contributed by atoms with van der Waals surface area (Å²) in [5.74, 6) is 1.34. The molecule has 0 unspecified atom stereocenters. The van der Waals surface area contributed by atoms with Crippen LogP contribution in [0, 0.1) is 0 Å². The van der Waals surface area contributed by atoms with Gasteiger partial charge >= 0.3 is 6.03 Å². The highest BCUT2D eigenvalue weighted by molar-refractivity contribution is 6.32. The number of carbonyl (C=O) groups is 1. The van der Waals surface area contributed by atoms with Gasteiger partial charge in [-0.2, -0.15) is 0 Å². The van der Waals surface area contributed by atoms with E-state index in [4.69, 9.17) is 21.1 Å². The lowest BCUT2D eigenvalue weighted by Crippen LogP contribution is -2.30. The molecule has 6 heteroatoms. The molecule has 0 spiro atoms.